The molecule has 0 aliphatic heterocycles. The van der Waals surface area contributed by atoms with Gasteiger partial charge in [-0.1, -0.05) is 0 Å². The molecule has 0 spiro atoms. The second-order valence-electron chi connectivity index (χ2n) is 1.81. The fourth-order valence-corrected chi connectivity index (χ4v) is 0.936. The van der Waals surface area contributed by atoms with Crippen LogP contribution in [0.1, 0.15) is 5.56 Å². The van der Waals surface area contributed by atoms with E-state index >= 15 is 0 Å². The van der Waals surface area contributed by atoms with E-state index in [2.05, 4.69) is 10.5 Å². The summed E-state index contributed by atoms with van der Waals surface area (Å²) in [5.41, 5.74) is 1.14. The fourth-order valence-electron chi connectivity index (χ4n) is 0.654. The fraction of sp³-hybridized carbons (Fsp3) is 0. The molecule has 4 heteroatoms. The molecule has 0 unspecified atom stereocenters. The quantitative estimate of drug-likeness (QED) is 0.400. The van der Waals surface area contributed by atoms with E-state index in [9.17, 15) is 0 Å². The van der Waals surface area contributed by atoms with Crippen LogP contribution < -0.4 is 0 Å². The molecule has 0 aromatic heterocycles. The Labute approximate surface area is 133 Å². The summed E-state index contributed by atoms with van der Waals surface area (Å²) < 4.78 is 2.08. The van der Waals surface area contributed by atoms with Gasteiger partial charge in [0.25, 0.3) is 0 Å². The molecule has 1 aromatic rings. The summed E-state index contributed by atoms with van der Waals surface area (Å²) in [4.78, 5) is 0. The minimum atomic E-state index is 0. The van der Waals surface area contributed by atoms with Crippen molar-refractivity contribution in [1.82, 2.24) is 0 Å². The third-order valence-electron chi connectivity index (χ3n) is 1.09. The Morgan fingerprint density at radius 3 is 2.31 bits per heavy atom. The van der Waals surface area contributed by atoms with Gasteiger partial charge in [0.05, 0.1) is 0 Å². The van der Waals surface area contributed by atoms with Crippen molar-refractivity contribution in [3.8, 4) is 0 Å². The van der Waals surface area contributed by atoms with Crippen LogP contribution >= 0.6 is 0 Å². The molecule has 0 heterocycles. The third kappa shape index (κ3) is 9.88. The van der Waals surface area contributed by atoms with Crippen LogP contribution in [-0.2, 0) is 82.5 Å². The molecule has 13 heavy (non-hydrogen) atoms. The molecular formula is C9H7W4-. The standard InChI is InChI=1S/C9H7.4W/c1-2-6-9-7-4-3-5-8-9;;;;/h1-7H;;;;/q-1;;;;/b6-2-;;;;. The van der Waals surface area contributed by atoms with Crippen LogP contribution in [0.2, 0.25) is 0 Å². The van der Waals surface area contributed by atoms with Gasteiger partial charge in [0.2, 0.25) is 0 Å². The molecule has 0 atom stereocenters. The minimum absolute atomic E-state index is 0. The topological polar surface area (TPSA) is 0 Å². The van der Waals surface area contributed by atoms with E-state index in [0.717, 1.165) is 5.56 Å². The van der Waals surface area contributed by atoms with Crippen molar-refractivity contribution in [1.29, 1.82) is 0 Å². The number of hydrogen-bond donors (Lipinski definition) is 0. The van der Waals surface area contributed by atoms with Crippen LogP contribution in [-0.4, -0.2) is 4.40 Å². The second-order valence-corrected chi connectivity index (χ2v) is 2.79. The Morgan fingerprint density at radius 1 is 1.15 bits per heavy atom. The molecule has 68 valence electrons. The first-order chi connectivity index (χ1) is 4.93. The average Bonchev–Trinajstić information content (AvgIpc) is 2.03. The third-order valence-corrected chi connectivity index (χ3v) is 1.65. The molecule has 0 nitrogen and oxygen atoms in total. The first-order valence-corrected chi connectivity index (χ1v) is 4.71. The molecule has 0 aliphatic carbocycles. The molecule has 0 radical (unpaired) electrons. The number of hydrogen-bond acceptors (Lipinski definition) is 0. The van der Waals surface area contributed by atoms with E-state index in [1.54, 1.807) is 0 Å². The van der Waals surface area contributed by atoms with Crippen molar-refractivity contribution >= 4 is 10.5 Å². The molecule has 0 bridgehead atoms. The van der Waals surface area contributed by atoms with E-state index in [1.165, 1.54) is 19.4 Å². The van der Waals surface area contributed by atoms with Crippen molar-refractivity contribution in [2.45, 2.75) is 0 Å². The Balaban J connectivity index is -0.000000333. The molecule has 0 fully saturated rings. The van der Waals surface area contributed by atoms with Crippen LogP contribution in [0.5, 0.6) is 0 Å². The summed E-state index contributed by atoms with van der Waals surface area (Å²) >= 11 is 1.47. The zero-order valence-electron chi connectivity index (χ0n) is 6.67. The van der Waals surface area contributed by atoms with Gasteiger partial charge in [-0.05, 0) is 0 Å². The van der Waals surface area contributed by atoms with Gasteiger partial charge in [-0.15, -0.1) is 0 Å². The molecule has 0 aliphatic rings. The molecule has 0 saturated heterocycles. The second kappa shape index (κ2) is 13.6. The number of rotatable bonds is 2. The van der Waals surface area contributed by atoms with Crippen molar-refractivity contribution in [2.75, 3.05) is 0 Å². The van der Waals surface area contributed by atoms with Gasteiger partial charge in [0.1, 0.15) is 0 Å². The van der Waals surface area contributed by atoms with E-state index in [-0.39, 0.29) is 63.2 Å². The van der Waals surface area contributed by atoms with E-state index in [0.29, 0.717) is 0 Å². The van der Waals surface area contributed by atoms with Crippen molar-refractivity contribution < 1.29 is 82.5 Å². The summed E-state index contributed by atoms with van der Waals surface area (Å²) in [6.45, 7) is 0. The van der Waals surface area contributed by atoms with Crippen molar-refractivity contribution in [3.63, 3.8) is 0 Å². The van der Waals surface area contributed by atoms with Crippen LogP contribution in [0.3, 0.4) is 0 Å². The van der Waals surface area contributed by atoms with Gasteiger partial charge in [-0.2, -0.15) is 0 Å². The molecule has 0 saturated carbocycles. The number of benzene rings is 1. The van der Waals surface area contributed by atoms with Crippen LogP contribution in [0, 0.1) is 6.07 Å². The van der Waals surface area contributed by atoms with Gasteiger partial charge in [-0.25, -0.2) is 0 Å². The summed E-state index contributed by atoms with van der Waals surface area (Å²) in [5, 5.41) is 0. The monoisotopic (exact) mass is 851 g/mol. The molecular weight excluding hydrogens is 843 g/mol. The zero-order chi connectivity index (χ0) is 7.23. The molecule has 0 N–H and O–H groups in total. The predicted octanol–water partition coefficient (Wildman–Crippen LogP) is 1.84. The summed E-state index contributed by atoms with van der Waals surface area (Å²) in [6.07, 6.45) is 4.09. The predicted molar refractivity (Wildman–Crippen MR) is 40.4 cm³/mol. The van der Waals surface area contributed by atoms with Gasteiger partial charge < -0.3 is 0 Å². The SMILES string of the molecule is [W].[W].[W].[W]=[CH]/C=C\c1[c-]cccc1. The van der Waals surface area contributed by atoms with Crippen LogP contribution in [0.15, 0.2) is 30.3 Å². The van der Waals surface area contributed by atoms with Gasteiger partial charge >= 0.3 is 71.8 Å². The van der Waals surface area contributed by atoms with Crippen LogP contribution in [0.4, 0.5) is 0 Å². The molecule has 1 rings (SSSR count). The van der Waals surface area contributed by atoms with E-state index < -0.39 is 0 Å². The summed E-state index contributed by atoms with van der Waals surface area (Å²) in [5.74, 6) is 0. The Hall–Kier alpha value is 1.58. The maximum atomic E-state index is 3.11. The van der Waals surface area contributed by atoms with Gasteiger partial charge in [0, 0.05) is 63.2 Å². The van der Waals surface area contributed by atoms with Crippen molar-refractivity contribution in [3.05, 3.63) is 42.0 Å². The summed E-state index contributed by atoms with van der Waals surface area (Å²) in [7, 11) is 0. The summed E-state index contributed by atoms with van der Waals surface area (Å²) in [6, 6.07) is 11.0. The van der Waals surface area contributed by atoms with E-state index in [4.69, 9.17) is 0 Å². The Bertz CT molecular complexity index is 231. The first kappa shape index (κ1) is 20.1. The van der Waals surface area contributed by atoms with Gasteiger partial charge in [-0.3, -0.25) is 0 Å². The molecule has 1 aromatic carbocycles. The normalized spacial score (nSPS) is 7.69. The van der Waals surface area contributed by atoms with Gasteiger partial charge in [0.15, 0.2) is 0 Å². The van der Waals surface area contributed by atoms with Crippen molar-refractivity contribution in [2.24, 2.45) is 0 Å². The maximum absolute atomic E-state index is 3.11. The number of allylic oxidation sites excluding steroid dienone is 1. The Kier molecular flexibility index (Phi) is 21.0. The average molecular weight is 851 g/mol. The zero-order valence-corrected chi connectivity index (χ0v) is 18.4. The first-order valence-electron chi connectivity index (χ1n) is 3.02. The Morgan fingerprint density at radius 2 is 1.85 bits per heavy atom. The van der Waals surface area contributed by atoms with E-state index in [1.807, 2.05) is 36.4 Å². The molecule has 0 amide bonds. The van der Waals surface area contributed by atoms with Crippen LogP contribution in [0.25, 0.3) is 6.08 Å².